The second kappa shape index (κ2) is 6.62. The van der Waals surface area contributed by atoms with E-state index in [9.17, 15) is 9.59 Å². The van der Waals surface area contributed by atoms with Crippen molar-refractivity contribution in [3.8, 4) is 5.75 Å². The molecule has 0 bridgehead atoms. The first-order valence-corrected chi connectivity index (χ1v) is 7.51. The van der Waals surface area contributed by atoms with Crippen LogP contribution in [-0.2, 0) is 16.1 Å². The van der Waals surface area contributed by atoms with Crippen LogP contribution in [0.5, 0.6) is 5.75 Å². The predicted molar refractivity (Wildman–Crippen MR) is 90.5 cm³/mol. The fraction of sp³-hybridized carbons (Fsp3) is 0.222. The summed E-state index contributed by atoms with van der Waals surface area (Å²) in [7, 11) is 2.95. The maximum Gasteiger partial charge on any atom is 0.337 e. The van der Waals surface area contributed by atoms with Crippen LogP contribution in [0.4, 0.5) is 11.4 Å². The van der Waals surface area contributed by atoms with E-state index < -0.39 is 5.97 Å². The molecule has 24 heavy (non-hydrogen) atoms. The van der Waals surface area contributed by atoms with Crippen molar-refractivity contribution < 1.29 is 19.1 Å². The highest BCUT2D eigenvalue weighted by Gasteiger charge is 2.23. The number of nitrogens with one attached hydrogen (secondary N) is 1. The summed E-state index contributed by atoms with van der Waals surface area (Å²) in [6.07, 6.45) is 0. The van der Waals surface area contributed by atoms with Gasteiger partial charge in [-0.2, -0.15) is 0 Å². The van der Waals surface area contributed by atoms with Gasteiger partial charge >= 0.3 is 5.97 Å². The van der Waals surface area contributed by atoms with E-state index in [0.717, 1.165) is 17.0 Å². The van der Waals surface area contributed by atoms with Gasteiger partial charge in [0, 0.05) is 6.54 Å². The number of hydrogen-bond donors (Lipinski definition) is 1. The summed E-state index contributed by atoms with van der Waals surface area (Å²) >= 11 is 0. The molecule has 3 rings (SSSR count). The summed E-state index contributed by atoms with van der Waals surface area (Å²) < 4.78 is 9.88. The molecule has 124 valence electrons. The monoisotopic (exact) mass is 326 g/mol. The van der Waals surface area contributed by atoms with Crippen molar-refractivity contribution in [1.29, 1.82) is 0 Å². The Morgan fingerprint density at radius 3 is 2.58 bits per heavy atom. The highest BCUT2D eigenvalue weighted by atomic mass is 16.5. The molecule has 0 aliphatic carbocycles. The number of ether oxygens (including phenoxy) is 2. The lowest BCUT2D eigenvalue weighted by atomic mass is 10.1. The van der Waals surface area contributed by atoms with Crippen molar-refractivity contribution in [3.63, 3.8) is 0 Å². The van der Waals surface area contributed by atoms with Crippen molar-refractivity contribution in [2.24, 2.45) is 0 Å². The summed E-state index contributed by atoms with van der Waals surface area (Å²) in [5.74, 6) is 0.246. The van der Waals surface area contributed by atoms with Gasteiger partial charge in [-0.25, -0.2) is 4.79 Å². The molecule has 2 aromatic carbocycles. The Morgan fingerprint density at radius 2 is 1.92 bits per heavy atom. The molecule has 2 aromatic rings. The minimum absolute atomic E-state index is 0.113. The maximum atomic E-state index is 12.0. The second-order valence-corrected chi connectivity index (χ2v) is 5.48. The number of anilines is 2. The number of carbonyl (C=O) groups excluding carboxylic acids is 2. The molecule has 1 N–H and O–H groups in total. The Kier molecular flexibility index (Phi) is 4.37. The van der Waals surface area contributed by atoms with Crippen LogP contribution >= 0.6 is 0 Å². The lowest BCUT2D eigenvalue weighted by molar-refractivity contribution is -0.115. The van der Waals surface area contributed by atoms with Crippen LogP contribution in [-0.4, -0.2) is 32.6 Å². The number of amides is 1. The lowest BCUT2D eigenvalue weighted by Crippen LogP contribution is -2.37. The summed E-state index contributed by atoms with van der Waals surface area (Å²) in [4.78, 5) is 25.6. The van der Waals surface area contributed by atoms with Crippen LogP contribution in [0.2, 0.25) is 0 Å². The van der Waals surface area contributed by atoms with Gasteiger partial charge in [-0.1, -0.05) is 12.1 Å². The third-order valence-corrected chi connectivity index (χ3v) is 3.90. The van der Waals surface area contributed by atoms with E-state index in [4.69, 9.17) is 9.47 Å². The molecule has 0 spiro atoms. The van der Waals surface area contributed by atoms with Gasteiger partial charge in [-0.3, -0.25) is 4.79 Å². The van der Waals surface area contributed by atoms with Crippen molar-refractivity contribution in [2.75, 3.05) is 31.0 Å². The fourth-order valence-corrected chi connectivity index (χ4v) is 2.70. The van der Waals surface area contributed by atoms with Gasteiger partial charge < -0.3 is 19.7 Å². The first-order valence-electron chi connectivity index (χ1n) is 7.51. The van der Waals surface area contributed by atoms with Crippen LogP contribution < -0.4 is 15.0 Å². The quantitative estimate of drug-likeness (QED) is 0.874. The highest BCUT2D eigenvalue weighted by molar-refractivity contribution is 6.03. The summed E-state index contributed by atoms with van der Waals surface area (Å²) in [6.45, 7) is 0.846. The Morgan fingerprint density at radius 1 is 1.17 bits per heavy atom. The van der Waals surface area contributed by atoms with Crippen LogP contribution in [0.3, 0.4) is 0 Å². The van der Waals surface area contributed by atoms with Gasteiger partial charge in [0.1, 0.15) is 5.75 Å². The number of benzene rings is 2. The first kappa shape index (κ1) is 15.9. The third-order valence-electron chi connectivity index (χ3n) is 3.90. The van der Waals surface area contributed by atoms with E-state index in [2.05, 4.69) is 5.32 Å². The number of nitrogens with zero attached hydrogens (tertiary/aromatic N) is 1. The average Bonchev–Trinajstić information content (AvgIpc) is 2.61. The van der Waals surface area contributed by atoms with Crippen LogP contribution in [0.15, 0.2) is 42.5 Å². The van der Waals surface area contributed by atoms with Crippen LogP contribution in [0.1, 0.15) is 15.9 Å². The molecule has 1 aliphatic rings. The number of methoxy groups -OCH3 is 2. The number of hydrogen-bond acceptors (Lipinski definition) is 5. The smallest absolute Gasteiger partial charge is 0.337 e. The molecule has 1 amide bonds. The molecule has 0 unspecified atom stereocenters. The Balaban J connectivity index is 1.87. The number of carbonyl (C=O) groups is 2. The topological polar surface area (TPSA) is 67.9 Å². The molecule has 0 fully saturated rings. The molecular weight excluding hydrogens is 308 g/mol. The maximum absolute atomic E-state index is 12.0. The van der Waals surface area contributed by atoms with Crippen molar-refractivity contribution in [3.05, 3.63) is 53.6 Å². The molecule has 0 aromatic heterocycles. The zero-order chi connectivity index (χ0) is 17.1. The number of rotatable bonds is 4. The van der Waals surface area contributed by atoms with Crippen molar-refractivity contribution in [2.45, 2.75) is 6.54 Å². The van der Waals surface area contributed by atoms with Crippen molar-refractivity contribution >= 4 is 23.3 Å². The third kappa shape index (κ3) is 3.17. The van der Waals surface area contributed by atoms with E-state index in [0.29, 0.717) is 17.8 Å². The number of esters is 1. The van der Waals surface area contributed by atoms with Gasteiger partial charge in [0.15, 0.2) is 0 Å². The highest BCUT2D eigenvalue weighted by Crippen LogP contribution is 2.32. The SMILES string of the molecule is COC(=O)c1ccc2c(c1)NC(=O)CN2Cc1ccc(OC)cc1. The zero-order valence-corrected chi connectivity index (χ0v) is 13.5. The summed E-state index contributed by atoms with van der Waals surface area (Å²) in [5.41, 5.74) is 2.96. The van der Waals surface area contributed by atoms with E-state index in [1.54, 1.807) is 19.2 Å². The van der Waals surface area contributed by atoms with Crippen LogP contribution in [0, 0.1) is 0 Å². The predicted octanol–water partition coefficient (Wildman–Crippen LogP) is 2.44. The van der Waals surface area contributed by atoms with Gasteiger partial charge in [0.25, 0.3) is 0 Å². The van der Waals surface area contributed by atoms with Gasteiger partial charge in [0.2, 0.25) is 5.91 Å². The molecule has 1 heterocycles. The molecule has 0 radical (unpaired) electrons. The Hall–Kier alpha value is -3.02. The fourth-order valence-electron chi connectivity index (χ4n) is 2.70. The Labute approximate surface area is 140 Å². The molecule has 1 aliphatic heterocycles. The first-order chi connectivity index (χ1) is 11.6. The molecule has 6 heteroatoms. The second-order valence-electron chi connectivity index (χ2n) is 5.48. The number of fused-ring (bicyclic) bond motifs is 1. The average molecular weight is 326 g/mol. The summed E-state index contributed by atoms with van der Waals surface area (Å²) in [6, 6.07) is 12.9. The van der Waals surface area contributed by atoms with Gasteiger partial charge in [0.05, 0.1) is 37.7 Å². The minimum atomic E-state index is -0.431. The van der Waals surface area contributed by atoms with E-state index in [1.165, 1.54) is 7.11 Å². The van der Waals surface area contributed by atoms with Gasteiger partial charge in [-0.15, -0.1) is 0 Å². The molecule has 0 saturated heterocycles. The minimum Gasteiger partial charge on any atom is -0.497 e. The molecule has 0 saturated carbocycles. The zero-order valence-electron chi connectivity index (χ0n) is 13.5. The lowest BCUT2D eigenvalue weighted by Gasteiger charge is -2.31. The molecule has 0 atom stereocenters. The van der Waals surface area contributed by atoms with Gasteiger partial charge in [-0.05, 0) is 35.9 Å². The Bertz CT molecular complexity index is 771. The largest absolute Gasteiger partial charge is 0.497 e. The molecule has 6 nitrogen and oxygen atoms in total. The summed E-state index contributed by atoms with van der Waals surface area (Å²) in [5, 5.41) is 2.80. The molecular formula is C18H18N2O4. The van der Waals surface area contributed by atoms with Crippen LogP contribution in [0.25, 0.3) is 0 Å². The standard InChI is InChI=1S/C18H18N2O4/c1-23-14-6-3-12(4-7-14)10-20-11-17(21)19-15-9-13(18(22)24-2)5-8-16(15)20/h3-9H,10-11H2,1-2H3,(H,19,21). The van der Waals surface area contributed by atoms with E-state index in [-0.39, 0.29) is 12.5 Å². The van der Waals surface area contributed by atoms with Crippen molar-refractivity contribution in [1.82, 2.24) is 0 Å². The normalized spacial score (nSPS) is 13.1. The van der Waals surface area contributed by atoms with E-state index in [1.807, 2.05) is 35.2 Å². The van der Waals surface area contributed by atoms with E-state index >= 15 is 0 Å².